The van der Waals surface area contributed by atoms with Gasteiger partial charge in [0.05, 0.1) is 13.2 Å². The summed E-state index contributed by atoms with van der Waals surface area (Å²) in [5.74, 6) is 1.58. The fraction of sp³-hybridized carbons (Fsp3) is 0.750. The molecule has 2 aliphatic heterocycles. The summed E-state index contributed by atoms with van der Waals surface area (Å²) in [7, 11) is 3.66. The maximum Gasteiger partial charge on any atom is 0.236 e. The molecule has 0 bridgehead atoms. The highest BCUT2D eigenvalue weighted by molar-refractivity contribution is 5.79. The number of aryl methyl sites for hydroxylation is 1. The second kappa shape index (κ2) is 7.42. The lowest BCUT2D eigenvalue weighted by Gasteiger charge is -2.36. The molecule has 1 amide bonds. The Balaban J connectivity index is 1.55. The van der Waals surface area contributed by atoms with Gasteiger partial charge in [0.1, 0.15) is 11.9 Å². The van der Waals surface area contributed by atoms with Crippen LogP contribution < -0.4 is 0 Å². The van der Waals surface area contributed by atoms with E-state index in [1.807, 2.05) is 28.9 Å². The normalized spacial score (nSPS) is 26.2. The molecule has 2 saturated heterocycles. The first-order valence-corrected chi connectivity index (χ1v) is 8.27. The van der Waals surface area contributed by atoms with Crippen LogP contribution in [0.2, 0.25) is 0 Å². The summed E-state index contributed by atoms with van der Waals surface area (Å²) in [6, 6.07) is 0. The van der Waals surface area contributed by atoms with Crippen LogP contribution in [0.5, 0.6) is 0 Å². The average molecular weight is 322 g/mol. The maximum atomic E-state index is 12.2. The van der Waals surface area contributed by atoms with Crippen molar-refractivity contribution in [3.63, 3.8) is 0 Å². The van der Waals surface area contributed by atoms with Crippen molar-refractivity contribution in [2.75, 3.05) is 53.0 Å². The number of carbonyl (C=O) groups excluding carboxylic acids is 1. The molecule has 3 rings (SSSR count). The summed E-state index contributed by atoms with van der Waals surface area (Å²) in [4.78, 5) is 20.8. The molecule has 0 aliphatic carbocycles. The fourth-order valence-corrected chi connectivity index (χ4v) is 3.44. The average Bonchev–Trinajstić information content (AvgIpc) is 3.15. The van der Waals surface area contributed by atoms with Crippen molar-refractivity contribution in [1.82, 2.24) is 19.4 Å². The van der Waals surface area contributed by atoms with E-state index in [0.29, 0.717) is 25.6 Å². The Morgan fingerprint density at radius 2 is 2.30 bits per heavy atom. The molecule has 23 heavy (non-hydrogen) atoms. The Hall–Kier alpha value is -1.44. The molecule has 2 atom stereocenters. The van der Waals surface area contributed by atoms with E-state index in [0.717, 1.165) is 38.5 Å². The van der Waals surface area contributed by atoms with Crippen LogP contribution in [0.25, 0.3) is 0 Å². The third-order valence-electron chi connectivity index (χ3n) is 4.78. The van der Waals surface area contributed by atoms with Gasteiger partial charge in [-0.2, -0.15) is 0 Å². The van der Waals surface area contributed by atoms with E-state index in [1.165, 1.54) is 0 Å². The molecule has 2 aliphatic rings. The van der Waals surface area contributed by atoms with E-state index < -0.39 is 0 Å². The molecule has 0 aromatic carbocycles. The van der Waals surface area contributed by atoms with Crippen molar-refractivity contribution in [2.24, 2.45) is 13.0 Å². The number of methoxy groups -OCH3 is 1. The molecule has 1 aromatic rings. The second-order valence-corrected chi connectivity index (χ2v) is 6.35. The molecule has 128 valence electrons. The number of carbonyl (C=O) groups is 1. The molecule has 7 nitrogen and oxygen atoms in total. The SMILES string of the molecule is COCCN1CCN(C[C@@H]2CCO[C@H]2c2nccn2C)CC1=O. The van der Waals surface area contributed by atoms with Crippen molar-refractivity contribution in [3.8, 4) is 0 Å². The van der Waals surface area contributed by atoms with E-state index in [4.69, 9.17) is 9.47 Å². The summed E-state index contributed by atoms with van der Waals surface area (Å²) >= 11 is 0. The van der Waals surface area contributed by atoms with Gasteiger partial charge in [-0.15, -0.1) is 0 Å². The molecule has 0 unspecified atom stereocenters. The topological polar surface area (TPSA) is 59.8 Å². The molecular formula is C16H26N4O3. The standard InChI is InChI=1S/C16H26N4O3/c1-18-5-4-17-16(18)15-13(3-9-23-15)11-19-6-7-20(8-10-22-2)14(21)12-19/h4-5,13,15H,3,6-12H2,1-2H3/t13-,15+/m0/s1. The third kappa shape index (κ3) is 3.73. The zero-order valence-electron chi connectivity index (χ0n) is 14.0. The van der Waals surface area contributed by atoms with Crippen molar-refractivity contribution in [2.45, 2.75) is 12.5 Å². The molecule has 0 saturated carbocycles. The Labute approximate surface area is 137 Å². The van der Waals surface area contributed by atoms with E-state index >= 15 is 0 Å². The number of nitrogens with zero attached hydrogens (tertiary/aromatic N) is 4. The number of ether oxygens (including phenoxy) is 2. The lowest BCUT2D eigenvalue weighted by Crippen LogP contribution is -2.52. The minimum absolute atomic E-state index is 0.0385. The quantitative estimate of drug-likeness (QED) is 0.753. The summed E-state index contributed by atoms with van der Waals surface area (Å²) in [5.41, 5.74) is 0. The van der Waals surface area contributed by atoms with Gasteiger partial charge in [0.25, 0.3) is 0 Å². The Morgan fingerprint density at radius 1 is 1.43 bits per heavy atom. The van der Waals surface area contributed by atoms with Gasteiger partial charge in [0, 0.05) is 65.3 Å². The lowest BCUT2D eigenvalue weighted by atomic mass is 9.99. The molecule has 0 spiro atoms. The van der Waals surface area contributed by atoms with E-state index in [9.17, 15) is 4.79 Å². The van der Waals surface area contributed by atoms with Crippen LogP contribution in [0.4, 0.5) is 0 Å². The van der Waals surface area contributed by atoms with Gasteiger partial charge in [-0.25, -0.2) is 4.98 Å². The van der Waals surface area contributed by atoms with E-state index in [1.54, 1.807) is 7.11 Å². The number of hydrogen-bond donors (Lipinski definition) is 0. The van der Waals surface area contributed by atoms with Crippen LogP contribution in [0.3, 0.4) is 0 Å². The number of imidazole rings is 1. The van der Waals surface area contributed by atoms with Crippen LogP contribution in [0, 0.1) is 5.92 Å². The minimum Gasteiger partial charge on any atom is -0.383 e. The molecule has 1 aromatic heterocycles. The Bertz CT molecular complexity index is 533. The number of aromatic nitrogens is 2. The molecule has 3 heterocycles. The van der Waals surface area contributed by atoms with Gasteiger partial charge in [0.15, 0.2) is 0 Å². The maximum absolute atomic E-state index is 12.2. The van der Waals surface area contributed by atoms with Crippen LogP contribution in [0.15, 0.2) is 12.4 Å². The van der Waals surface area contributed by atoms with Gasteiger partial charge < -0.3 is 18.9 Å². The van der Waals surface area contributed by atoms with Gasteiger partial charge in [0.2, 0.25) is 5.91 Å². The fourth-order valence-electron chi connectivity index (χ4n) is 3.44. The van der Waals surface area contributed by atoms with E-state index in [-0.39, 0.29) is 12.0 Å². The lowest BCUT2D eigenvalue weighted by molar-refractivity contribution is -0.137. The highest BCUT2D eigenvalue weighted by atomic mass is 16.5. The van der Waals surface area contributed by atoms with Crippen LogP contribution >= 0.6 is 0 Å². The number of piperazine rings is 1. The van der Waals surface area contributed by atoms with Gasteiger partial charge in [-0.1, -0.05) is 0 Å². The highest BCUT2D eigenvalue weighted by Crippen LogP contribution is 2.34. The van der Waals surface area contributed by atoms with E-state index in [2.05, 4.69) is 9.88 Å². The smallest absolute Gasteiger partial charge is 0.236 e. The number of rotatable bonds is 6. The highest BCUT2D eigenvalue weighted by Gasteiger charge is 2.35. The molecule has 0 radical (unpaired) electrons. The molecule has 2 fully saturated rings. The number of amides is 1. The van der Waals surface area contributed by atoms with Crippen LogP contribution in [-0.4, -0.2) is 78.3 Å². The first kappa shape index (κ1) is 16.4. The van der Waals surface area contributed by atoms with Crippen molar-refractivity contribution in [3.05, 3.63) is 18.2 Å². The van der Waals surface area contributed by atoms with Gasteiger partial charge in [-0.3, -0.25) is 9.69 Å². The van der Waals surface area contributed by atoms with Crippen molar-refractivity contribution in [1.29, 1.82) is 0 Å². The Kier molecular flexibility index (Phi) is 5.30. The van der Waals surface area contributed by atoms with Crippen LogP contribution in [0.1, 0.15) is 18.3 Å². The predicted octanol–water partition coefficient (Wildman–Crippen LogP) is 0.288. The molecule has 7 heteroatoms. The Morgan fingerprint density at radius 3 is 3.00 bits per heavy atom. The second-order valence-electron chi connectivity index (χ2n) is 6.35. The molecule has 0 N–H and O–H groups in total. The summed E-state index contributed by atoms with van der Waals surface area (Å²) < 4.78 is 13.0. The summed E-state index contributed by atoms with van der Waals surface area (Å²) in [6.45, 7) is 5.13. The summed E-state index contributed by atoms with van der Waals surface area (Å²) in [6.07, 6.45) is 4.82. The minimum atomic E-state index is 0.0385. The van der Waals surface area contributed by atoms with Crippen molar-refractivity contribution >= 4 is 5.91 Å². The first-order chi connectivity index (χ1) is 11.2. The van der Waals surface area contributed by atoms with Gasteiger partial charge in [-0.05, 0) is 6.42 Å². The largest absolute Gasteiger partial charge is 0.383 e. The predicted molar refractivity (Wildman–Crippen MR) is 84.9 cm³/mol. The zero-order chi connectivity index (χ0) is 16.2. The number of hydrogen-bond acceptors (Lipinski definition) is 5. The first-order valence-electron chi connectivity index (χ1n) is 8.27. The molecular weight excluding hydrogens is 296 g/mol. The third-order valence-corrected chi connectivity index (χ3v) is 4.78. The van der Waals surface area contributed by atoms with Gasteiger partial charge >= 0.3 is 0 Å². The van der Waals surface area contributed by atoms with Crippen LogP contribution in [-0.2, 0) is 21.3 Å². The zero-order valence-corrected chi connectivity index (χ0v) is 14.0. The monoisotopic (exact) mass is 322 g/mol. The summed E-state index contributed by atoms with van der Waals surface area (Å²) in [5, 5.41) is 0. The van der Waals surface area contributed by atoms with Crippen molar-refractivity contribution < 1.29 is 14.3 Å².